The number of methoxy groups -OCH3 is 1. The summed E-state index contributed by atoms with van der Waals surface area (Å²) < 4.78 is 9.85. The van der Waals surface area contributed by atoms with Crippen molar-refractivity contribution < 1.29 is 29.0 Å². The van der Waals surface area contributed by atoms with Gasteiger partial charge in [-0.25, -0.2) is 9.59 Å². The van der Waals surface area contributed by atoms with Gasteiger partial charge in [0.1, 0.15) is 5.75 Å². The number of hydrogen-bond acceptors (Lipinski definition) is 5. The van der Waals surface area contributed by atoms with Crippen LogP contribution >= 0.6 is 0 Å². The monoisotopic (exact) mass is 309 g/mol. The Morgan fingerprint density at radius 3 is 2.23 bits per heavy atom. The van der Waals surface area contributed by atoms with E-state index < -0.39 is 23.4 Å². The van der Waals surface area contributed by atoms with Crippen molar-refractivity contribution in [2.24, 2.45) is 0 Å². The number of carboxylic acids is 1. The van der Waals surface area contributed by atoms with Gasteiger partial charge >= 0.3 is 11.9 Å². The molecule has 22 heavy (non-hydrogen) atoms. The summed E-state index contributed by atoms with van der Waals surface area (Å²) in [5, 5.41) is 11.7. The number of ether oxygens (including phenoxy) is 2. The molecule has 1 aromatic carbocycles. The van der Waals surface area contributed by atoms with Crippen molar-refractivity contribution in [3.8, 4) is 5.75 Å². The first-order valence-corrected chi connectivity index (χ1v) is 6.68. The van der Waals surface area contributed by atoms with Gasteiger partial charge in [-0.2, -0.15) is 0 Å². The molecule has 0 spiro atoms. The Bertz CT molecular complexity index is 554. The summed E-state index contributed by atoms with van der Waals surface area (Å²) in [6.07, 6.45) is -0.231. The Morgan fingerprint density at radius 1 is 1.23 bits per heavy atom. The van der Waals surface area contributed by atoms with Gasteiger partial charge in [0.25, 0.3) is 0 Å². The number of benzene rings is 1. The van der Waals surface area contributed by atoms with Crippen LogP contribution in [0.4, 0.5) is 0 Å². The zero-order valence-electron chi connectivity index (χ0n) is 12.7. The second kappa shape index (κ2) is 7.44. The zero-order valence-corrected chi connectivity index (χ0v) is 12.7. The minimum atomic E-state index is -2.16. The highest BCUT2D eigenvalue weighted by atomic mass is 16.5. The summed E-state index contributed by atoms with van der Waals surface area (Å²) in [5.74, 6) is -2.52. The van der Waals surface area contributed by atoms with E-state index in [1.54, 1.807) is 31.2 Å². The van der Waals surface area contributed by atoms with Gasteiger partial charge in [0.05, 0.1) is 13.7 Å². The van der Waals surface area contributed by atoms with E-state index in [2.05, 4.69) is 5.32 Å². The summed E-state index contributed by atoms with van der Waals surface area (Å²) in [7, 11) is 1.51. The van der Waals surface area contributed by atoms with Crippen LogP contribution in [0.3, 0.4) is 0 Å². The molecule has 0 aliphatic rings. The van der Waals surface area contributed by atoms with Crippen molar-refractivity contribution in [3.63, 3.8) is 0 Å². The highest BCUT2D eigenvalue weighted by Gasteiger charge is 2.48. The Kier molecular flexibility index (Phi) is 5.91. The van der Waals surface area contributed by atoms with E-state index in [0.29, 0.717) is 11.3 Å². The van der Waals surface area contributed by atoms with Crippen molar-refractivity contribution in [2.45, 2.75) is 25.8 Å². The molecule has 1 atom stereocenters. The number of hydrogen-bond donors (Lipinski definition) is 2. The molecule has 0 fully saturated rings. The van der Waals surface area contributed by atoms with Gasteiger partial charge < -0.3 is 19.9 Å². The van der Waals surface area contributed by atoms with Gasteiger partial charge in [-0.1, -0.05) is 12.1 Å². The van der Waals surface area contributed by atoms with E-state index in [0.717, 1.165) is 6.92 Å². The fourth-order valence-corrected chi connectivity index (χ4v) is 1.99. The quantitative estimate of drug-likeness (QED) is 0.569. The number of rotatable bonds is 7. The van der Waals surface area contributed by atoms with Crippen LogP contribution < -0.4 is 10.1 Å². The number of aliphatic carboxylic acids is 1. The molecule has 0 radical (unpaired) electrons. The summed E-state index contributed by atoms with van der Waals surface area (Å²) in [5.41, 5.74) is -1.61. The number of nitrogens with one attached hydrogen (secondary N) is 1. The van der Waals surface area contributed by atoms with Crippen LogP contribution in [-0.4, -0.2) is 42.2 Å². The van der Waals surface area contributed by atoms with Gasteiger partial charge in [0.15, 0.2) is 0 Å². The van der Waals surface area contributed by atoms with E-state index in [1.807, 2.05) is 0 Å². The summed E-state index contributed by atoms with van der Waals surface area (Å²) in [4.78, 5) is 35.1. The van der Waals surface area contributed by atoms with Crippen molar-refractivity contribution >= 4 is 17.8 Å². The van der Waals surface area contributed by atoms with Crippen molar-refractivity contribution in [1.29, 1.82) is 0 Å². The Hall–Kier alpha value is -2.57. The summed E-state index contributed by atoms with van der Waals surface area (Å²) in [6.45, 7) is 2.71. The van der Waals surface area contributed by atoms with Crippen LogP contribution in [0.25, 0.3) is 0 Å². The standard InChI is InChI=1S/C15H19NO6/c1-4-22-14(20)15(13(18)19,16-10(2)17)9-11-5-7-12(21-3)8-6-11/h5-8H,4,9H2,1-3H3,(H,16,17)(H,18,19)/t15-/m0/s1. The predicted octanol–water partition coefficient (Wildman–Crippen LogP) is 0.760. The Labute approximate surface area is 128 Å². The third kappa shape index (κ3) is 3.97. The molecule has 0 unspecified atom stereocenters. The second-order valence-electron chi connectivity index (χ2n) is 4.64. The number of carboxylic acid groups (broad SMARTS) is 1. The van der Waals surface area contributed by atoms with Gasteiger partial charge in [0.2, 0.25) is 11.4 Å². The molecule has 1 aromatic rings. The lowest BCUT2D eigenvalue weighted by atomic mass is 9.90. The molecule has 0 heterocycles. The van der Waals surface area contributed by atoms with Crippen molar-refractivity contribution in [3.05, 3.63) is 29.8 Å². The highest BCUT2D eigenvalue weighted by Crippen LogP contribution is 2.19. The molecular weight excluding hydrogens is 290 g/mol. The molecule has 7 nitrogen and oxygen atoms in total. The van der Waals surface area contributed by atoms with Crippen LogP contribution in [0.1, 0.15) is 19.4 Å². The largest absolute Gasteiger partial charge is 0.497 e. The van der Waals surface area contributed by atoms with Crippen LogP contribution in [0, 0.1) is 0 Å². The number of carbonyl (C=O) groups is 3. The maximum Gasteiger partial charge on any atom is 0.344 e. The molecule has 1 amide bonds. The highest BCUT2D eigenvalue weighted by molar-refractivity contribution is 6.07. The maximum absolute atomic E-state index is 12.1. The van der Waals surface area contributed by atoms with Crippen LogP contribution in [0.15, 0.2) is 24.3 Å². The molecule has 0 saturated carbocycles. The van der Waals surface area contributed by atoms with Crippen molar-refractivity contribution in [2.75, 3.05) is 13.7 Å². The predicted molar refractivity (Wildman–Crippen MR) is 77.5 cm³/mol. The number of esters is 1. The number of amides is 1. The van der Waals surface area contributed by atoms with E-state index in [4.69, 9.17) is 9.47 Å². The van der Waals surface area contributed by atoms with Crippen LogP contribution in [-0.2, 0) is 25.5 Å². The molecule has 0 aliphatic carbocycles. The lowest BCUT2D eigenvalue weighted by Gasteiger charge is -2.27. The van der Waals surface area contributed by atoms with Crippen LogP contribution in [0.5, 0.6) is 5.75 Å². The second-order valence-corrected chi connectivity index (χ2v) is 4.64. The average molecular weight is 309 g/mol. The fourth-order valence-electron chi connectivity index (χ4n) is 1.99. The molecule has 120 valence electrons. The molecule has 2 N–H and O–H groups in total. The first kappa shape index (κ1) is 17.5. The zero-order chi connectivity index (χ0) is 16.8. The SMILES string of the molecule is CCOC(=O)[C@@](Cc1ccc(OC)cc1)(NC(C)=O)C(=O)O. The fraction of sp³-hybridized carbons (Fsp3) is 0.400. The minimum Gasteiger partial charge on any atom is -0.497 e. The van der Waals surface area contributed by atoms with E-state index in [1.165, 1.54) is 7.11 Å². The maximum atomic E-state index is 12.1. The molecule has 1 rings (SSSR count). The molecule has 0 bridgehead atoms. The first-order chi connectivity index (χ1) is 10.4. The minimum absolute atomic E-state index is 0.00998. The Morgan fingerprint density at radius 2 is 1.82 bits per heavy atom. The van der Waals surface area contributed by atoms with Gasteiger partial charge in [-0.05, 0) is 24.6 Å². The normalized spacial score (nSPS) is 12.9. The number of carbonyl (C=O) groups excluding carboxylic acids is 2. The molecule has 0 aromatic heterocycles. The molecule has 0 saturated heterocycles. The van der Waals surface area contributed by atoms with E-state index >= 15 is 0 Å². The van der Waals surface area contributed by atoms with E-state index in [9.17, 15) is 19.5 Å². The first-order valence-electron chi connectivity index (χ1n) is 6.68. The van der Waals surface area contributed by atoms with Crippen molar-refractivity contribution in [1.82, 2.24) is 5.32 Å². The van der Waals surface area contributed by atoms with Gasteiger partial charge in [0, 0.05) is 13.3 Å². The topological polar surface area (TPSA) is 102 Å². The van der Waals surface area contributed by atoms with Gasteiger partial charge in [-0.15, -0.1) is 0 Å². The molecule has 0 aliphatic heterocycles. The smallest absolute Gasteiger partial charge is 0.344 e. The summed E-state index contributed by atoms with van der Waals surface area (Å²) >= 11 is 0. The average Bonchev–Trinajstić information content (AvgIpc) is 2.46. The van der Waals surface area contributed by atoms with Gasteiger partial charge in [-0.3, -0.25) is 4.79 Å². The molecular formula is C15H19NO6. The van der Waals surface area contributed by atoms with Crippen LogP contribution in [0.2, 0.25) is 0 Å². The lowest BCUT2D eigenvalue weighted by molar-refractivity contribution is -0.164. The molecule has 7 heteroatoms. The third-order valence-electron chi connectivity index (χ3n) is 3.01. The Balaban J connectivity index is 3.18. The summed E-state index contributed by atoms with van der Waals surface area (Å²) in [6, 6.07) is 6.52. The lowest BCUT2D eigenvalue weighted by Crippen LogP contribution is -2.61. The van der Waals surface area contributed by atoms with E-state index in [-0.39, 0.29) is 13.0 Å². The third-order valence-corrected chi connectivity index (χ3v) is 3.01.